The Hall–Kier alpha value is -3.29. The van der Waals surface area contributed by atoms with Crippen LogP contribution in [-0.4, -0.2) is 40.8 Å². The fraction of sp³-hybridized carbons (Fsp3) is 0.409. The largest absolute Gasteiger partial charge is 0.497 e. The second-order valence-corrected chi connectivity index (χ2v) is 7.48. The van der Waals surface area contributed by atoms with E-state index in [-0.39, 0.29) is 11.9 Å². The summed E-state index contributed by atoms with van der Waals surface area (Å²) in [5, 5.41) is 10.7. The highest BCUT2D eigenvalue weighted by Gasteiger charge is 2.20. The van der Waals surface area contributed by atoms with Gasteiger partial charge in [0.2, 0.25) is 0 Å². The molecule has 1 aromatic carbocycles. The predicted octanol–water partition coefficient (Wildman–Crippen LogP) is 3.42. The van der Waals surface area contributed by atoms with Crippen molar-refractivity contribution >= 4 is 17.4 Å². The minimum Gasteiger partial charge on any atom is -0.497 e. The van der Waals surface area contributed by atoms with Gasteiger partial charge in [-0.05, 0) is 37.1 Å². The first-order valence-corrected chi connectivity index (χ1v) is 10.3. The molecule has 30 heavy (non-hydrogen) atoms. The number of fused-ring (bicyclic) bond motifs is 1. The summed E-state index contributed by atoms with van der Waals surface area (Å²) in [7, 11) is 3.27. The molecule has 1 fully saturated rings. The average molecular weight is 409 g/mol. The lowest BCUT2D eigenvalue weighted by atomic mass is 9.95. The molecule has 1 aliphatic carbocycles. The van der Waals surface area contributed by atoms with E-state index in [1.54, 1.807) is 31.1 Å². The number of hydrogen-bond acceptors (Lipinski definition) is 6. The first-order chi connectivity index (χ1) is 14.7. The lowest BCUT2D eigenvalue weighted by Gasteiger charge is -2.22. The summed E-state index contributed by atoms with van der Waals surface area (Å²) in [5.74, 6) is 2.06. The Labute approximate surface area is 175 Å². The van der Waals surface area contributed by atoms with Gasteiger partial charge in [0.15, 0.2) is 5.65 Å². The number of carbonyl (C=O) groups is 1. The van der Waals surface area contributed by atoms with Crippen molar-refractivity contribution in [1.82, 2.24) is 19.9 Å². The summed E-state index contributed by atoms with van der Waals surface area (Å²) in [6.07, 6.45) is 9.03. The van der Waals surface area contributed by atoms with Gasteiger partial charge in [0.25, 0.3) is 5.91 Å². The van der Waals surface area contributed by atoms with E-state index in [4.69, 9.17) is 9.47 Å². The van der Waals surface area contributed by atoms with Crippen LogP contribution in [-0.2, 0) is 6.54 Å². The van der Waals surface area contributed by atoms with E-state index in [2.05, 4.69) is 20.7 Å². The van der Waals surface area contributed by atoms with Gasteiger partial charge >= 0.3 is 0 Å². The minimum absolute atomic E-state index is 0.115. The van der Waals surface area contributed by atoms with E-state index in [0.717, 1.165) is 29.9 Å². The van der Waals surface area contributed by atoms with Crippen LogP contribution in [0.1, 0.15) is 48.0 Å². The number of methoxy groups -OCH3 is 2. The number of rotatable bonds is 7. The molecule has 1 amide bonds. The molecular formula is C22H27N5O3. The van der Waals surface area contributed by atoms with Gasteiger partial charge in [-0.25, -0.2) is 9.50 Å². The van der Waals surface area contributed by atoms with Gasteiger partial charge in [0.1, 0.15) is 22.9 Å². The van der Waals surface area contributed by atoms with Crippen molar-refractivity contribution in [3.63, 3.8) is 0 Å². The summed E-state index contributed by atoms with van der Waals surface area (Å²) in [6, 6.07) is 7.72. The number of anilines is 1. The monoisotopic (exact) mass is 409 g/mol. The highest BCUT2D eigenvalue weighted by Crippen LogP contribution is 2.25. The molecule has 3 aromatic rings. The summed E-state index contributed by atoms with van der Waals surface area (Å²) >= 11 is 0. The molecule has 0 spiro atoms. The highest BCUT2D eigenvalue weighted by molar-refractivity contribution is 5.99. The van der Waals surface area contributed by atoms with Gasteiger partial charge in [-0.1, -0.05) is 19.3 Å². The maximum absolute atomic E-state index is 12.8. The Kier molecular flexibility index (Phi) is 6.02. The van der Waals surface area contributed by atoms with E-state index >= 15 is 0 Å². The number of ether oxygens (including phenoxy) is 2. The zero-order valence-corrected chi connectivity index (χ0v) is 17.4. The normalized spacial score (nSPS) is 14.5. The molecular weight excluding hydrogens is 382 g/mol. The van der Waals surface area contributed by atoms with Gasteiger partial charge in [-0.15, -0.1) is 0 Å². The number of nitrogens with zero attached hydrogens (tertiary/aromatic N) is 3. The Bertz CT molecular complexity index is 1030. The van der Waals surface area contributed by atoms with Crippen molar-refractivity contribution in [3.8, 4) is 11.5 Å². The zero-order valence-electron chi connectivity index (χ0n) is 17.4. The second-order valence-electron chi connectivity index (χ2n) is 7.48. The number of benzene rings is 1. The highest BCUT2D eigenvalue weighted by atomic mass is 16.5. The van der Waals surface area contributed by atoms with Gasteiger partial charge in [0, 0.05) is 24.3 Å². The van der Waals surface area contributed by atoms with E-state index < -0.39 is 0 Å². The molecule has 158 valence electrons. The molecule has 4 rings (SSSR count). The molecule has 8 heteroatoms. The van der Waals surface area contributed by atoms with Crippen LogP contribution in [0.3, 0.4) is 0 Å². The lowest BCUT2D eigenvalue weighted by molar-refractivity contribution is 0.0929. The van der Waals surface area contributed by atoms with Gasteiger partial charge in [-0.2, -0.15) is 5.10 Å². The molecule has 0 aliphatic heterocycles. The van der Waals surface area contributed by atoms with Crippen molar-refractivity contribution < 1.29 is 14.3 Å². The van der Waals surface area contributed by atoms with Crippen LogP contribution in [0.5, 0.6) is 11.5 Å². The minimum atomic E-state index is -0.115. The molecule has 2 heterocycles. The van der Waals surface area contributed by atoms with E-state index in [9.17, 15) is 4.79 Å². The average Bonchev–Trinajstić information content (AvgIpc) is 3.21. The molecule has 2 N–H and O–H groups in total. The molecule has 1 saturated carbocycles. The number of nitrogens with one attached hydrogen (secondary N) is 2. The van der Waals surface area contributed by atoms with Crippen LogP contribution < -0.4 is 20.1 Å². The summed E-state index contributed by atoms with van der Waals surface area (Å²) in [4.78, 5) is 17.4. The third kappa shape index (κ3) is 4.32. The van der Waals surface area contributed by atoms with Crippen LogP contribution in [0.2, 0.25) is 0 Å². The van der Waals surface area contributed by atoms with Crippen molar-refractivity contribution in [2.24, 2.45) is 0 Å². The van der Waals surface area contributed by atoms with E-state index in [1.807, 2.05) is 24.3 Å². The fourth-order valence-corrected chi connectivity index (χ4v) is 3.84. The van der Waals surface area contributed by atoms with Crippen molar-refractivity contribution in [3.05, 3.63) is 47.8 Å². The predicted molar refractivity (Wildman–Crippen MR) is 114 cm³/mol. The van der Waals surface area contributed by atoms with Crippen LogP contribution in [0, 0.1) is 0 Å². The maximum atomic E-state index is 12.8. The van der Waals surface area contributed by atoms with Gasteiger partial charge in [-0.3, -0.25) is 4.79 Å². The molecule has 0 unspecified atom stereocenters. The van der Waals surface area contributed by atoms with Crippen LogP contribution in [0.15, 0.2) is 36.7 Å². The fourth-order valence-electron chi connectivity index (χ4n) is 3.84. The number of hydrogen-bond donors (Lipinski definition) is 2. The van der Waals surface area contributed by atoms with E-state index in [1.165, 1.54) is 19.3 Å². The Morgan fingerprint density at radius 2 is 2.00 bits per heavy atom. The van der Waals surface area contributed by atoms with Crippen LogP contribution in [0.25, 0.3) is 5.65 Å². The Morgan fingerprint density at radius 1 is 1.17 bits per heavy atom. The van der Waals surface area contributed by atoms with Crippen LogP contribution in [0.4, 0.5) is 5.82 Å². The SMILES string of the molecule is COc1ccc(OC)c(CNc2ccn3ncc(C(=O)NC4CCCCC4)c3n2)c1. The molecule has 0 saturated heterocycles. The third-order valence-corrected chi connectivity index (χ3v) is 5.50. The summed E-state index contributed by atoms with van der Waals surface area (Å²) in [5.41, 5.74) is 1.97. The molecule has 1 aliphatic rings. The van der Waals surface area contributed by atoms with Crippen molar-refractivity contribution in [2.75, 3.05) is 19.5 Å². The molecule has 0 bridgehead atoms. The van der Waals surface area contributed by atoms with Crippen molar-refractivity contribution in [2.45, 2.75) is 44.7 Å². The third-order valence-electron chi connectivity index (χ3n) is 5.50. The number of amides is 1. The van der Waals surface area contributed by atoms with Gasteiger partial charge < -0.3 is 20.1 Å². The first kappa shape index (κ1) is 20.0. The van der Waals surface area contributed by atoms with Crippen molar-refractivity contribution in [1.29, 1.82) is 0 Å². The Morgan fingerprint density at radius 3 is 2.77 bits per heavy atom. The molecule has 0 atom stereocenters. The Balaban J connectivity index is 1.50. The number of aromatic nitrogens is 3. The molecule has 8 nitrogen and oxygen atoms in total. The van der Waals surface area contributed by atoms with Crippen LogP contribution >= 0.6 is 0 Å². The topological polar surface area (TPSA) is 89.8 Å². The van der Waals surface area contributed by atoms with E-state index in [0.29, 0.717) is 23.6 Å². The maximum Gasteiger partial charge on any atom is 0.256 e. The summed E-state index contributed by atoms with van der Waals surface area (Å²) in [6.45, 7) is 0.501. The van der Waals surface area contributed by atoms with Gasteiger partial charge in [0.05, 0.1) is 20.4 Å². The summed E-state index contributed by atoms with van der Waals surface area (Å²) < 4.78 is 12.4. The molecule has 2 aromatic heterocycles. The second kappa shape index (κ2) is 9.02. The zero-order chi connectivity index (χ0) is 20.9. The standard InChI is InChI=1S/C22H27N5O3/c1-29-17-8-9-19(30-2)15(12-17)13-23-20-10-11-27-21(26-20)18(14-24-27)22(28)25-16-6-4-3-5-7-16/h8-12,14,16H,3-7,13H2,1-2H3,(H,23,26)(H,25,28). The number of carbonyl (C=O) groups excluding carboxylic acids is 1. The first-order valence-electron chi connectivity index (χ1n) is 10.3. The smallest absolute Gasteiger partial charge is 0.256 e. The lowest BCUT2D eigenvalue weighted by Crippen LogP contribution is -2.36. The quantitative estimate of drug-likeness (QED) is 0.622. The molecule has 0 radical (unpaired) electrons.